The molecule has 3 atom stereocenters. The minimum atomic E-state index is -0.424. The zero-order chi connectivity index (χ0) is 29.6. The number of likely N-dealkylation sites (tertiary alicyclic amines) is 1. The largest absolute Gasteiger partial charge is 0.494 e. The van der Waals surface area contributed by atoms with Crippen molar-refractivity contribution in [3.63, 3.8) is 0 Å². The number of carbonyl (C=O) groups excluding carboxylic acids is 1. The maximum Gasteiger partial charge on any atom is 0.254 e. The Morgan fingerprint density at radius 3 is 2.53 bits per heavy atom. The first-order valence-electron chi connectivity index (χ1n) is 15.2. The lowest BCUT2D eigenvalue weighted by molar-refractivity contribution is 0.0696. The summed E-state index contributed by atoms with van der Waals surface area (Å²) in [5.41, 5.74) is 6.07. The molecule has 3 aliphatic rings. The van der Waals surface area contributed by atoms with Crippen LogP contribution in [0.25, 0.3) is 44.6 Å². The highest BCUT2D eigenvalue weighted by Crippen LogP contribution is 2.44. The Hall–Kier alpha value is -3.84. The number of rotatable bonds is 6. The summed E-state index contributed by atoms with van der Waals surface area (Å²) in [5, 5.41) is 1.22. The number of imidazole rings is 1. The number of piperidine rings is 1. The minimum absolute atomic E-state index is 0.0699. The van der Waals surface area contributed by atoms with Gasteiger partial charge in [-0.2, -0.15) is 0 Å². The highest BCUT2D eigenvalue weighted by Gasteiger charge is 2.46. The Morgan fingerprint density at radius 1 is 1.05 bits per heavy atom. The summed E-state index contributed by atoms with van der Waals surface area (Å²) in [4.78, 5) is 21.0. The third kappa shape index (κ3) is 4.27. The van der Waals surface area contributed by atoms with E-state index in [9.17, 15) is 9.18 Å². The van der Waals surface area contributed by atoms with Crippen LogP contribution < -0.4 is 4.74 Å². The summed E-state index contributed by atoms with van der Waals surface area (Å²) in [6.45, 7) is 4.00. The molecule has 2 aliphatic carbocycles. The molecule has 1 amide bonds. The van der Waals surface area contributed by atoms with Crippen molar-refractivity contribution < 1.29 is 13.9 Å². The molecule has 8 rings (SSSR count). The van der Waals surface area contributed by atoms with Crippen LogP contribution in [-0.2, 0) is 13.6 Å². The second-order valence-corrected chi connectivity index (χ2v) is 13.2. The Balaban J connectivity index is 1.24. The SMILES string of the molecule is COc1cc(C(=O)N2CC3CCC2[C@@H]3C)cc2nc(-c3cc4ccc(-c5ccc(Cl)c(F)c5)cc4n3CC3CC3)n(C)c12. The molecule has 43 heavy (non-hydrogen) atoms. The zero-order valence-electron chi connectivity index (χ0n) is 24.6. The first-order chi connectivity index (χ1) is 20.8. The fourth-order valence-electron chi connectivity index (χ4n) is 7.58. The molecule has 5 aromatic rings. The van der Waals surface area contributed by atoms with Crippen molar-refractivity contribution in [2.75, 3.05) is 13.7 Å². The predicted molar refractivity (Wildman–Crippen MR) is 168 cm³/mol. The monoisotopic (exact) mass is 596 g/mol. The number of methoxy groups -OCH3 is 1. The number of hydrogen-bond donors (Lipinski definition) is 0. The van der Waals surface area contributed by atoms with E-state index in [-0.39, 0.29) is 10.9 Å². The molecule has 1 aliphatic heterocycles. The van der Waals surface area contributed by atoms with E-state index < -0.39 is 5.82 Å². The van der Waals surface area contributed by atoms with Gasteiger partial charge in [-0.05, 0) is 91.0 Å². The topological polar surface area (TPSA) is 52.3 Å². The number of benzene rings is 3. The third-order valence-electron chi connectivity index (χ3n) is 10.2. The molecule has 2 saturated carbocycles. The first-order valence-corrected chi connectivity index (χ1v) is 15.6. The highest BCUT2D eigenvalue weighted by atomic mass is 35.5. The van der Waals surface area contributed by atoms with Crippen LogP contribution in [0, 0.1) is 23.6 Å². The van der Waals surface area contributed by atoms with Crippen molar-refractivity contribution in [1.29, 1.82) is 0 Å². The predicted octanol–water partition coefficient (Wildman–Crippen LogP) is 7.94. The van der Waals surface area contributed by atoms with Gasteiger partial charge in [-0.3, -0.25) is 4.79 Å². The summed E-state index contributed by atoms with van der Waals surface area (Å²) in [6, 6.07) is 17.5. The number of aromatic nitrogens is 3. The summed E-state index contributed by atoms with van der Waals surface area (Å²) in [6.07, 6.45) is 4.72. The maximum absolute atomic E-state index is 14.3. The van der Waals surface area contributed by atoms with Crippen LogP contribution in [0.5, 0.6) is 5.75 Å². The molecular weight excluding hydrogens is 563 g/mol. The van der Waals surface area contributed by atoms with Crippen LogP contribution in [0.15, 0.2) is 54.6 Å². The molecule has 220 valence electrons. The van der Waals surface area contributed by atoms with Crippen molar-refractivity contribution in [2.45, 2.75) is 45.2 Å². The van der Waals surface area contributed by atoms with Gasteiger partial charge in [0.05, 0.1) is 23.3 Å². The quantitative estimate of drug-likeness (QED) is 0.200. The number of aryl methyl sites for hydroxylation is 1. The van der Waals surface area contributed by atoms with Crippen LogP contribution in [0.2, 0.25) is 5.02 Å². The van der Waals surface area contributed by atoms with E-state index in [1.807, 2.05) is 31.3 Å². The zero-order valence-corrected chi connectivity index (χ0v) is 25.4. The van der Waals surface area contributed by atoms with Crippen molar-refractivity contribution in [1.82, 2.24) is 19.0 Å². The Kier molecular flexibility index (Phi) is 6.13. The summed E-state index contributed by atoms with van der Waals surface area (Å²) < 4.78 is 24.6. The lowest BCUT2D eigenvalue weighted by Crippen LogP contribution is -2.38. The summed E-state index contributed by atoms with van der Waals surface area (Å²) in [5.74, 6) is 2.90. The first kappa shape index (κ1) is 26.8. The second-order valence-electron chi connectivity index (χ2n) is 12.7. The fourth-order valence-corrected chi connectivity index (χ4v) is 7.70. The molecule has 2 aromatic heterocycles. The molecular formula is C35H34ClFN4O2. The molecule has 3 fully saturated rings. The van der Waals surface area contributed by atoms with Gasteiger partial charge in [0.25, 0.3) is 5.91 Å². The smallest absolute Gasteiger partial charge is 0.254 e. The van der Waals surface area contributed by atoms with Gasteiger partial charge in [-0.25, -0.2) is 9.37 Å². The Morgan fingerprint density at radius 2 is 1.84 bits per heavy atom. The Labute approximate surface area is 255 Å². The number of carbonyl (C=O) groups is 1. The fraction of sp³-hybridized carbons (Fsp3) is 0.371. The van der Waals surface area contributed by atoms with Gasteiger partial charge in [0.15, 0.2) is 5.82 Å². The normalized spacial score (nSPS) is 21.4. The number of ether oxygens (including phenoxy) is 1. The average molecular weight is 597 g/mol. The van der Waals surface area contributed by atoms with Gasteiger partial charge in [-0.1, -0.05) is 36.7 Å². The molecule has 0 radical (unpaired) electrons. The molecule has 8 heteroatoms. The second kappa shape index (κ2) is 9.84. The van der Waals surface area contributed by atoms with E-state index in [2.05, 4.69) is 39.2 Å². The number of hydrogen-bond acceptors (Lipinski definition) is 3. The molecule has 3 heterocycles. The van der Waals surface area contributed by atoms with E-state index in [4.69, 9.17) is 21.3 Å². The van der Waals surface area contributed by atoms with Gasteiger partial charge in [0.1, 0.15) is 17.1 Å². The average Bonchev–Trinajstić information content (AvgIpc) is 3.42. The number of nitrogens with zero attached hydrogens (tertiary/aromatic N) is 4. The van der Waals surface area contributed by atoms with Crippen LogP contribution in [0.4, 0.5) is 4.39 Å². The van der Waals surface area contributed by atoms with Crippen molar-refractivity contribution in [3.8, 4) is 28.4 Å². The van der Waals surface area contributed by atoms with Gasteiger partial charge >= 0.3 is 0 Å². The molecule has 3 aromatic carbocycles. The number of fused-ring (bicyclic) bond motifs is 4. The van der Waals surface area contributed by atoms with Crippen molar-refractivity contribution in [2.24, 2.45) is 24.8 Å². The van der Waals surface area contributed by atoms with Crippen LogP contribution >= 0.6 is 11.6 Å². The van der Waals surface area contributed by atoms with Gasteiger partial charge < -0.3 is 18.8 Å². The molecule has 6 nitrogen and oxygen atoms in total. The van der Waals surface area contributed by atoms with E-state index in [0.717, 1.165) is 64.1 Å². The lowest BCUT2D eigenvalue weighted by atomic mass is 10.0. The summed E-state index contributed by atoms with van der Waals surface area (Å²) in [7, 11) is 3.66. The van der Waals surface area contributed by atoms with E-state index in [1.165, 1.54) is 25.3 Å². The number of amides is 1. The van der Waals surface area contributed by atoms with Gasteiger partial charge in [0.2, 0.25) is 0 Å². The van der Waals surface area contributed by atoms with Crippen LogP contribution in [0.3, 0.4) is 0 Å². The maximum atomic E-state index is 14.3. The van der Waals surface area contributed by atoms with Crippen LogP contribution in [0.1, 0.15) is 43.0 Å². The Bertz CT molecular complexity index is 1940. The van der Waals surface area contributed by atoms with Gasteiger partial charge in [-0.15, -0.1) is 0 Å². The van der Waals surface area contributed by atoms with E-state index in [1.54, 1.807) is 13.2 Å². The highest BCUT2D eigenvalue weighted by molar-refractivity contribution is 6.30. The summed E-state index contributed by atoms with van der Waals surface area (Å²) >= 11 is 5.96. The standard InChI is InChI=1S/C35H34ClFN4O2/c1-19-24-9-11-29(19)41(18-24)35(42)25-13-28-33(32(16-25)43-3)39(2)34(38-28)31-15-23-7-6-22(21-8-10-26(36)27(37)12-21)14-30(23)40(31)17-20-4-5-20/h6-8,10,12-16,19-20,24,29H,4-5,9,11,17-18H2,1-3H3/t19-,24?,29?/m1/s1. The van der Waals surface area contributed by atoms with E-state index >= 15 is 0 Å². The van der Waals surface area contributed by atoms with Gasteiger partial charge in [0, 0.05) is 42.6 Å². The van der Waals surface area contributed by atoms with E-state index in [0.29, 0.717) is 35.1 Å². The number of halogens is 2. The molecule has 2 unspecified atom stereocenters. The van der Waals surface area contributed by atoms with Crippen LogP contribution in [-0.4, -0.2) is 44.6 Å². The van der Waals surface area contributed by atoms with Crippen molar-refractivity contribution >= 4 is 39.4 Å². The molecule has 0 N–H and O–H groups in total. The third-order valence-corrected chi connectivity index (χ3v) is 10.5. The molecule has 2 bridgehead atoms. The lowest BCUT2D eigenvalue weighted by Gasteiger charge is -2.27. The minimum Gasteiger partial charge on any atom is -0.494 e. The molecule has 0 spiro atoms. The molecule has 1 saturated heterocycles. The van der Waals surface area contributed by atoms with Crippen molar-refractivity contribution in [3.05, 3.63) is 71.0 Å².